The van der Waals surface area contributed by atoms with Gasteiger partial charge in [-0.05, 0) is 25.7 Å². The number of hydrogen-bond acceptors (Lipinski definition) is 3. The Hall–Kier alpha value is -0.220. The van der Waals surface area contributed by atoms with E-state index in [-0.39, 0.29) is 9.99 Å². The molecule has 0 bridgehead atoms. The molecule has 4 heteroatoms. The van der Waals surface area contributed by atoms with Crippen molar-refractivity contribution >= 4 is 17.0 Å². The fourth-order valence-corrected chi connectivity index (χ4v) is 2.50. The smallest absolute Gasteiger partial charge is 0.271 e. The van der Waals surface area contributed by atoms with Gasteiger partial charge < -0.3 is 0 Å². The summed E-state index contributed by atoms with van der Waals surface area (Å²) in [5.41, 5.74) is 0. The summed E-state index contributed by atoms with van der Waals surface area (Å²) < 4.78 is 0.0607. The average Bonchev–Trinajstić information content (AvgIpc) is 2.14. The third-order valence-corrected chi connectivity index (χ3v) is 4.40. The quantitative estimate of drug-likeness (QED) is 0.524. The van der Waals surface area contributed by atoms with Gasteiger partial charge in [0.05, 0.1) is 0 Å². The molecule has 1 aliphatic heterocycles. The largest absolute Gasteiger partial charge is 0.296 e. The summed E-state index contributed by atoms with van der Waals surface area (Å²) in [5, 5.41) is 1.34. The fourth-order valence-electron chi connectivity index (χ4n) is 1.41. The van der Waals surface area contributed by atoms with Crippen molar-refractivity contribution in [2.45, 2.75) is 38.4 Å². The topological polar surface area (TPSA) is 46.3 Å². The Morgan fingerprint density at radius 3 is 2.77 bits per heavy atom. The van der Waals surface area contributed by atoms with Gasteiger partial charge in [0.15, 0.2) is 0 Å². The molecule has 0 radical (unpaired) electrons. The summed E-state index contributed by atoms with van der Waals surface area (Å²) in [6.45, 7) is 7.16. The van der Waals surface area contributed by atoms with Crippen LogP contribution in [0.5, 0.6) is 0 Å². The molecule has 0 saturated carbocycles. The molecule has 2 N–H and O–H groups in total. The second-order valence-corrected chi connectivity index (χ2v) is 5.62. The van der Waals surface area contributed by atoms with Crippen LogP contribution in [0.1, 0.15) is 33.6 Å². The molecule has 1 fully saturated rings. The van der Waals surface area contributed by atoms with E-state index in [9.17, 15) is 4.79 Å². The molecular weight excluding hydrogens is 184 g/mol. The minimum atomic E-state index is 0.00806. The van der Waals surface area contributed by atoms with E-state index in [0.29, 0.717) is 12.5 Å². The summed E-state index contributed by atoms with van der Waals surface area (Å²) in [4.78, 5) is 11.5. The Morgan fingerprint density at radius 1 is 1.62 bits per heavy atom. The van der Waals surface area contributed by atoms with E-state index < -0.39 is 0 Å². The van der Waals surface area contributed by atoms with Crippen LogP contribution in [0, 0.1) is 5.92 Å². The zero-order valence-electron chi connectivity index (χ0n) is 8.54. The summed E-state index contributed by atoms with van der Waals surface area (Å²) in [7, 11) is 0. The van der Waals surface area contributed by atoms with Gasteiger partial charge >= 0.3 is 0 Å². The number of hydrazine groups is 1. The molecule has 13 heavy (non-hydrogen) atoms. The first-order chi connectivity index (χ1) is 5.96. The highest BCUT2D eigenvalue weighted by atomic mass is 32.2. The third-order valence-electron chi connectivity index (χ3n) is 2.85. The van der Waals surface area contributed by atoms with Crippen LogP contribution in [-0.4, -0.2) is 21.5 Å². The molecule has 0 aromatic heterocycles. The van der Waals surface area contributed by atoms with Crippen LogP contribution in [0.15, 0.2) is 0 Å². The summed E-state index contributed by atoms with van der Waals surface area (Å²) in [5.74, 6) is 6.07. The second kappa shape index (κ2) is 3.88. The van der Waals surface area contributed by atoms with Gasteiger partial charge in [0.2, 0.25) is 0 Å². The lowest BCUT2D eigenvalue weighted by atomic mass is 9.92. The summed E-state index contributed by atoms with van der Waals surface area (Å²) in [6, 6.07) is 0. The second-order valence-electron chi connectivity index (χ2n) is 4.13. The number of hydrogen-bond donors (Lipinski definition) is 1. The van der Waals surface area contributed by atoms with Gasteiger partial charge in [-0.3, -0.25) is 9.80 Å². The molecule has 3 nitrogen and oxygen atoms in total. The van der Waals surface area contributed by atoms with E-state index in [1.807, 2.05) is 0 Å². The predicted molar refractivity (Wildman–Crippen MR) is 56.4 cm³/mol. The van der Waals surface area contributed by atoms with Crippen molar-refractivity contribution < 1.29 is 4.79 Å². The zero-order valence-corrected chi connectivity index (χ0v) is 9.36. The molecule has 1 aliphatic rings. The normalized spacial score (nSPS) is 30.8. The van der Waals surface area contributed by atoms with Crippen molar-refractivity contribution in [1.82, 2.24) is 5.01 Å². The van der Waals surface area contributed by atoms with Crippen LogP contribution >= 0.6 is 11.8 Å². The minimum Gasteiger partial charge on any atom is -0.271 e. The van der Waals surface area contributed by atoms with Gasteiger partial charge in [0.1, 0.15) is 0 Å². The Balaban J connectivity index is 2.74. The third kappa shape index (κ3) is 2.38. The van der Waals surface area contributed by atoms with E-state index in [1.54, 1.807) is 0 Å². The Labute approximate surface area is 84.0 Å². The number of nitrogens with zero attached hydrogens (tertiary/aromatic N) is 1. The number of thioether (sulfide) groups is 1. The zero-order chi connectivity index (χ0) is 10.1. The molecular formula is C9H18N2OS. The number of nitrogens with two attached hydrogens (primary N) is 1. The highest BCUT2D eigenvalue weighted by Gasteiger charge is 2.35. The Bertz CT molecular complexity index is 208. The van der Waals surface area contributed by atoms with E-state index in [1.165, 1.54) is 16.8 Å². The number of rotatable bonds is 1. The lowest BCUT2D eigenvalue weighted by Gasteiger charge is -2.30. The van der Waals surface area contributed by atoms with Crippen molar-refractivity contribution in [2.75, 3.05) is 6.54 Å². The van der Waals surface area contributed by atoms with Gasteiger partial charge in [-0.2, -0.15) is 0 Å². The van der Waals surface area contributed by atoms with E-state index >= 15 is 0 Å². The highest BCUT2D eigenvalue weighted by molar-refractivity contribution is 8.14. The van der Waals surface area contributed by atoms with Crippen LogP contribution in [-0.2, 0) is 0 Å². The molecule has 0 aromatic carbocycles. The molecule has 1 saturated heterocycles. The van der Waals surface area contributed by atoms with Gasteiger partial charge in [0.25, 0.3) is 5.24 Å². The average molecular weight is 202 g/mol. The van der Waals surface area contributed by atoms with Crippen molar-refractivity contribution in [1.29, 1.82) is 0 Å². The number of carbonyl (C=O) groups is 1. The Kier molecular flexibility index (Phi) is 3.24. The van der Waals surface area contributed by atoms with Crippen LogP contribution in [0.25, 0.3) is 0 Å². The molecule has 76 valence electrons. The summed E-state index contributed by atoms with van der Waals surface area (Å²) >= 11 is 1.39. The van der Waals surface area contributed by atoms with Crippen molar-refractivity contribution in [3.05, 3.63) is 0 Å². The molecule has 1 rings (SSSR count). The molecule has 0 aliphatic carbocycles. The Morgan fingerprint density at radius 2 is 2.23 bits per heavy atom. The summed E-state index contributed by atoms with van der Waals surface area (Å²) in [6.07, 6.45) is 2.07. The van der Waals surface area contributed by atoms with Gasteiger partial charge in [-0.1, -0.05) is 25.6 Å². The minimum absolute atomic E-state index is 0.00806. The van der Waals surface area contributed by atoms with Crippen molar-refractivity contribution in [3.63, 3.8) is 0 Å². The number of amides is 1. The van der Waals surface area contributed by atoms with Crippen LogP contribution in [0.3, 0.4) is 0 Å². The van der Waals surface area contributed by atoms with Crippen molar-refractivity contribution in [3.8, 4) is 0 Å². The lowest BCUT2D eigenvalue weighted by molar-refractivity contribution is 0.224. The SMILES string of the molecule is CC(C)C1(C)CCCN(N)C(=O)S1. The maximum atomic E-state index is 11.5. The van der Waals surface area contributed by atoms with Gasteiger partial charge in [-0.25, -0.2) is 5.84 Å². The lowest BCUT2D eigenvalue weighted by Crippen LogP contribution is -2.35. The van der Waals surface area contributed by atoms with Crippen LogP contribution < -0.4 is 5.84 Å². The molecule has 1 amide bonds. The molecule has 1 atom stereocenters. The number of carbonyl (C=O) groups excluding carboxylic acids is 1. The molecule has 1 unspecified atom stereocenters. The first kappa shape index (κ1) is 10.9. The van der Waals surface area contributed by atoms with E-state index in [2.05, 4.69) is 20.8 Å². The predicted octanol–water partition coefficient (Wildman–Crippen LogP) is 2.22. The monoisotopic (exact) mass is 202 g/mol. The van der Waals surface area contributed by atoms with E-state index in [4.69, 9.17) is 5.84 Å². The van der Waals surface area contributed by atoms with Gasteiger partial charge in [0, 0.05) is 11.3 Å². The highest BCUT2D eigenvalue weighted by Crippen LogP contribution is 2.39. The molecule has 0 aromatic rings. The maximum Gasteiger partial charge on any atom is 0.296 e. The van der Waals surface area contributed by atoms with Crippen LogP contribution in [0.2, 0.25) is 0 Å². The standard InChI is InChI=1S/C9H18N2OS/c1-7(2)9(3)5-4-6-11(10)8(12)13-9/h7H,4-6,10H2,1-3H3. The molecule has 1 heterocycles. The fraction of sp³-hybridized carbons (Fsp3) is 0.889. The van der Waals surface area contributed by atoms with Crippen molar-refractivity contribution in [2.24, 2.45) is 11.8 Å². The van der Waals surface area contributed by atoms with E-state index in [0.717, 1.165) is 12.8 Å². The first-order valence-corrected chi connectivity index (χ1v) is 5.52. The van der Waals surface area contributed by atoms with Crippen LogP contribution in [0.4, 0.5) is 4.79 Å². The molecule has 0 spiro atoms. The first-order valence-electron chi connectivity index (χ1n) is 4.71. The maximum absolute atomic E-state index is 11.5. The van der Waals surface area contributed by atoms with Gasteiger partial charge in [-0.15, -0.1) is 0 Å².